The number of rotatable bonds is 9. The third-order valence-corrected chi connectivity index (χ3v) is 6.95. The first-order valence-electron chi connectivity index (χ1n) is 12.1. The summed E-state index contributed by atoms with van der Waals surface area (Å²) in [5.74, 6) is 0.538. The van der Waals surface area contributed by atoms with Crippen LogP contribution in [0.25, 0.3) is 0 Å². The van der Waals surface area contributed by atoms with Gasteiger partial charge in [-0.05, 0) is 68.1 Å². The average molecular weight is 481 g/mol. The molecule has 0 bridgehead atoms. The van der Waals surface area contributed by atoms with Crippen molar-refractivity contribution < 1.29 is 35.8 Å². The molecule has 2 unspecified atom stereocenters. The minimum Gasteiger partial charge on any atom is -0.430 e. The van der Waals surface area contributed by atoms with Crippen LogP contribution in [0.1, 0.15) is 89.2 Å². The maximum atomic E-state index is 13.6. The lowest BCUT2D eigenvalue weighted by Gasteiger charge is -2.36. The van der Waals surface area contributed by atoms with Crippen molar-refractivity contribution in [2.75, 3.05) is 0 Å². The Kier molecular flexibility index (Phi) is 8.98. The van der Waals surface area contributed by atoms with E-state index in [9.17, 15) is 26.3 Å². The molecule has 3 rings (SSSR count). The van der Waals surface area contributed by atoms with Gasteiger partial charge in [0.25, 0.3) is 6.17 Å². The molecule has 0 N–H and O–H groups in total. The van der Waals surface area contributed by atoms with E-state index in [4.69, 9.17) is 4.74 Å². The summed E-state index contributed by atoms with van der Waals surface area (Å²) in [5, 5.41) is 0. The lowest BCUT2D eigenvalue weighted by Crippen LogP contribution is -2.45. The predicted octanol–water partition coefficient (Wildman–Crippen LogP) is 8.56. The van der Waals surface area contributed by atoms with Crippen molar-refractivity contribution in [1.82, 2.24) is 0 Å². The number of hydrogen-bond donors (Lipinski definition) is 0. The molecule has 2 aliphatic carbocycles. The van der Waals surface area contributed by atoms with E-state index in [1.54, 1.807) is 12.1 Å². The fourth-order valence-corrected chi connectivity index (χ4v) is 5.20. The standard InChI is InChI=1S/C25H34F6O2/c1-2-6-17-9-13-20(14-10-17)32-22(18-7-4-3-5-8-18)19-11-15-21(16-12-19)33-25(30,31)23(26)24(27,28)29/h11-12,15-18,20,22-23H,2-10,13-14H2,1H3. The second kappa shape index (κ2) is 11.3. The topological polar surface area (TPSA) is 18.5 Å². The number of benzene rings is 1. The van der Waals surface area contributed by atoms with Crippen LogP contribution >= 0.6 is 0 Å². The Morgan fingerprint density at radius 2 is 1.48 bits per heavy atom. The molecular formula is C25H34F6O2. The van der Waals surface area contributed by atoms with Crippen LogP contribution in [0.3, 0.4) is 0 Å². The number of ether oxygens (including phenoxy) is 2. The van der Waals surface area contributed by atoms with Crippen molar-refractivity contribution >= 4 is 0 Å². The van der Waals surface area contributed by atoms with Gasteiger partial charge in [0.1, 0.15) is 5.75 Å². The predicted molar refractivity (Wildman–Crippen MR) is 114 cm³/mol. The van der Waals surface area contributed by atoms with Gasteiger partial charge in [-0.1, -0.05) is 51.2 Å². The first-order valence-corrected chi connectivity index (χ1v) is 12.1. The van der Waals surface area contributed by atoms with Crippen molar-refractivity contribution in [3.8, 4) is 5.75 Å². The zero-order chi connectivity index (χ0) is 24.1. The monoisotopic (exact) mass is 480 g/mol. The molecule has 0 heterocycles. The zero-order valence-electron chi connectivity index (χ0n) is 19.1. The molecule has 1 aromatic rings. The highest BCUT2D eigenvalue weighted by atomic mass is 19.4. The first kappa shape index (κ1) is 26.2. The van der Waals surface area contributed by atoms with E-state index in [-0.39, 0.29) is 12.2 Å². The van der Waals surface area contributed by atoms with Crippen molar-refractivity contribution in [3.63, 3.8) is 0 Å². The van der Waals surface area contributed by atoms with E-state index in [0.29, 0.717) is 5.92 Å². The van der Waals surface area contributed by atoms with Crippen LogP contribution in [-0.2, 0) is 4.74 Å². The van der Waals surface area contributed by atoms with Crippen LogP contribution in [0.15, 0.2) is 24.3 Å². The molecule has 1 aromatic carbocycles. The highest BCUT2D eigenvalue weighted by Gasteiger charge is 2.59. The summed E-state index contributed by atoms with van der Waals surface area (Å²) in [7, 11) is 0. The molecule has 2 saturated carbocycles. The van der Waals surface area contributed by atoms with E-state index in [0.717, 1.165) is 62.8 Å². The van der Waals surface area contributed by atoms with Gasteiger partial charge in [-0.25, -0.2) is 4.39 Å². The summed E-state index contributed by atoms with van der Waals surface area (Å²) < 4.78 is 88.1. The maximum Gasteiger partial charge on any atom is 0.439 e. The van der Waals surface area contributed by atoms with Crippen LogP contribution in [0.4, 0.5) is 26.3 Å². The van der Waals surface area contributed by atoms with Gasteiger partial charge < -0.3 is 9.47 Å². The minimum atomic E-state index is -5.71. The van der Waals surface area contributed by atoms with Crippen LogP contribution in [0, 0.1) is 11.8 Å². The van der Waals surface area contributed by atoms with Gasteiger partial charge in [0.05, 0.1) is 12.2 Å². The number of halogens is 6. The van der Waals surface area contributed by atoms with E-state index in [1.807, 2.05) is 0 Å². The van der Waals surface area contributed by atoms with E-state index >= 15 is 0 Å². The van der Waals surface area contributed by atoms with E-state index in [1.165, 1.54) is 31.4 Å². The molecule has 0 aliphatic heterocycles. The molecule has 8 heteroatoms. The van der Waals surface area contributed by atoms with Crippen LogP contribution in [0.2, 0.25) is 0 Å². The van der Waals surface area contributed by atoms with Gasteiger partial charge >= 0.3 is 12.3 Å². The smallest absolute Gasteiger partial charge is 0.430 e. The second-order valence-electron chi connectivity index (χ2n) is 9.52. The van der Waals surface area contributed by atoms with Crippen LogP contribution in [-0.4, -0.2) is 24.6 Å². The van der Waals surface area contributed by atoms with Gasteiger partial charge in [-0.15, -0.1) is 0 Å². The Labute approximate surface area is 192 Å². The summed E-state index contributed by atoms with van der Waals surface area (Å²) in [6.45, 7) is 2.20. The Morgan fingerprint density at radius 1 is 0.879 bits per heavy atom. The summed E-state index contributed by atoms with van der Waals surface area (Å²) in [6, 6.07) is 5.44. The quantitative estimate of drug-likeness (QED) is 0.330. The van der Waals surface area contributed by atoms with Crippen molar-refractivity contribution in [2.45, 2.75) is 108 Å². The Hall–Kier alpha value is -1.44. The minimum absolute atomic E-state index is 0.143. The largest absolute Gasteiger partial charge is 0.439 e. The third-order valence-electron chi connectivity index (χ3n) is 6.95. The molecule has 188 valence electrons. The molecule has 0 aromatic heterocycles. The summed E-state index contributed by atoms with van der Waals surface area (Å²) in [4.78, 5) is 0. The van der Waals surface area contributed by atoms with Crippen molar-refractivity contribution in [1.29, 1.82) is 0 Å². The summed E-state index contributed by atoms with van der Waals surface area (Å²) >= 11 is 0. The molecule has 2 aliphatic rings. The van der Waals surface area contributed by atoms with Crippen molar-refractivity contribution in [2.24, 2.45) is 11.8 Å². The lowest BCUT2D eigenvalue weighted by molar-refractivity contribution is -0.304. The molecule has 0 spiro atoms. The Morgan fingerprint density at radius 3 is 2.03 bits per heavy atom. The molecule has 2 nitrogen and oxygen atoms in total. The lowest BCUT2D eigenvalue weighted by atomic mass is 9.81. The highest BCUT2D eigenvalue weighted by molar-refractivity contribution is 5.29. The zero-order valence-corrected chi connectivity index (χ0v) is 19.1. The summed E-state index contributed by atoms with van der Waals surface area (Å²) in [6.07, 6.45) is -3.05. The van der Waals surface area contributed by atoms with Gasteiger partial charge in [0, 0.05) is 0 Å². The molecule has 0 saturated heterocycles. The van der Waals surface area contributed by atoms with Crippen LogP contribution < -0.4 is 4.74 Å². The Bertz CT molecular complexity index is 707. The molecule has 0 amide bonds. The molecule has 2 fully saturated rings. The molecule has 2 atom stereocenters. The summed E-state index contributed by atoms with van der Waals surface area (Å²) in [5.41, 5.74) is 0.792. The van der Waals surface area contributed by atoms with E-state index < -0.39 is 24.2 Å². The fourth-order valence-electron chi connectivity index (χ4n) is 5.20. The van der Waals surface area contributed by atoms with Gasteiger partial charge in [-0.2, -0.15) is 22.0 Å². The van der Waals surface area contributed by atoms with Crippen LogP contribution in [0.5, 0.6) is 5.75 Å². The number of hydrogen-bond acceptors (Lipinski definition) is 2. The second-order valence-corrected chi connectivity index (χ2v) is 9.52. The molecule has 0 radical (unpaired) electrons. The van der Waals surface area contributed by atoms with Crippen molar-refractivity contribution in [3.05, 3.63) is 29.8 Å². The number of alkyl halides is 6. The van der Waals surface area contributed by atoms with Gasteiger partial charge in [0.2, 0.25) is 0 Å². The van der Waals surface area contributed by atoms with Gasteiger partial charge in [-0.3, -0.25) is 0 Å². The average Bonchev–Trinajstić information content (AvgIpc) is 2.79. The fraction of sp³-hybridized carbons (Fsp3) is 0.760. The first-order chi connectivity index (χ1) is 15.6. The normalized spacial score (nSPS) is 24.9. The molecular weight excluding hydrogens is 446 g/mol. The molecule has 33 heavy (non-hydrogen) atoms. The van der Waals surface area contributed by atoms with E-state index in [2.05, 4.69) is 11.7 Å². The third kappa shape index (κ3) is 7.27. The Balaban J connectivity index is 1.69. The maximum absolute atomic E-state index is 13.6. The van der Waals surface area contributed by atoms with Gasteiger partial charge in [0.15, 0.2) is 0 Å². The highest BCUT2D eigenvalue weighted by Crippen LogP contribution is 2.41. The SMILES string of the molecule is CCCC1CCC(OC(c2ccc(OC(F)(F)C(F)C(F)(F)F)cc2)C2CCCCC2)CC1.